The molecule has 0 amide bonds. The molecule has 0 fully saturated rings. The second kappa shape index (κ2) is 2.62. The monoisotopic (exact) mass is 137 g/mol. The lowest BCUT2D eigenvalue weighted by atomic mass is 10.4. The first-order chi connectivity index (χ1) is 3.42. The van der Waals surface area contributed by atoms with E-state index in [-0.39, 0.29) is 12.2 Å². The number of hydrogen-bond acceptors (Lipinski definition) is 2. The van der Waals surface area contributed by atoms with Crippen LogP contribution >= 0.6 is 7.37 Å². The highest BCUT2D eigenvalue weighted by atomic mass is 31.2. The second-order valence-electron chi connectivity index (χ2n) is 2.21. The van der Waals surface area contributed by atoms with Crippen molar-refractivity contribution < 1.29 is 9.46 Å². The quantitative estimate of drug-likeness (QED) is 0.535. The SMILES string of the molecule is CC(N)CP(C)(=O)O. The van der Waals surface area contributed by atoms with E-state index >= 15 is 0 Å². The number of hydrogen-bond donors (Lipinski definition) is 2. The summed E-state index contributed by atoms with van der Waals surface area (Å²) >= 11 is 0. The standard InChI is InChI=1S/C4H12NO2P/c1-4(5)3-8(2,6)7/h4H,3,5H2,1-2H3,(H,6,7). The highest BCUT2D eigenvalue weighted by Gasteiger charge is 2.11. The largest absolute Gasteiger partial charge is 0.344 e. The predicted molar refractivity (Wildman–Crippen MR) is 34.3 cm³/mol. The van der Waals surface area contributed by atoms with Crippen LogP contribution in [0.3, 0.4) is 0 Å². The van der Waals surface area contributed by atoms with E-state index in [2.05, 4.69) is 0 Å². The summed E-state index contributed by atoms with van der Waals surface area (Å²) in [7, 11) is -2.85. The Bertz CT molecular complexity index is 107. The van der Waals surface area contributed by atoms with Gasteiger partial charge >= 0.3 is 0 Å². The highest BCUT2D eigenvalue weighted by Crippen LogP contribution is 2.34. The molecule has 50 valence electrons. The van der Waals surface area contributed by atoms with Gasteiger partial charge < -0.3 is 10.6 Å². The molecule has 4 heteroatoms. The van der Waals surface area contributed by atoms with Crippen LogP contribution in [0.5, 0.6) is 0 Å². The lowest BCUT2D eigenvalue weighted by Crippen LogP contribution is -2.19. The van der Waals surface area contributed by atoms with Crippen LogP contribution in [0, 0.1) is 0 Å². The zero-order valence-electron chi connectivity index (χ0n) is 5.16. The molecule has 0 rings (SSSR count). The third kappa shape index (κ3) is 6.15. The normalized spacial score (nSPS) is 22.0. The van der Waals surface area contributed by atoms with Crippen molar-refractivity contribution in [1.29, 1.82) is 0 Å². The predicted octanol–water partition coefficient (Wildman–Crippen LogP) is 0.234. The topological polar surface area (TPSA) is 63.3 Å². The maximum atomic E-state index is 10.5. The van der Waals surface area contributed by atoms with Crippen molar-refractivity contribution in [1.82, 2.24) is 0 Å². The van der Waals surface area contributed by atoms with Crippen molar-refractivity contribution in [3.05, 3.63) is 0 Å². The van der Waals surface area contributed by atoms with E-state index in [0.29, 0.717) is 0 Å². The molecule has 0 bridgehead atoms. The van der Waals surface area contributed by atoms with Crippen molar-refractivity contribution in [3.63, 3.8) is 0 Å². The molecule has 0 aromatic carbocycles. The molecule has 2 unspecified atom stereocenters. The van der Waals surface area contributed by atoms with E-state index in [1.165, 1.54) is 6.66 Å². The molecule has 3 N–H and O–H groups in total. The van der Waals surface area contributed by atoms with Crippen LogP contribution in [0.25, 0.3) is 0 Å². The Morgan fingerprint density at radius 1 is 1.88 bits per heavy atom. The van der Waals surface area contributed by atoms with Crippen LogP contribution < -0.4 is 5.73 Å². The minimum atomic E-state index is -2.85. The van der Waals surface area contributed by atoms with Gasteiger partial charge in [-0.15, -0.1) is 0 Å². The van der Waals surface area contributed by atoms with Gasteiger partial charge in [0.05, 0.1) is 0 Å². The summed E-state index contributed by atoms with van der Waals surface area (Å²) in [6.45, 7) is 3.03. The number of nitrogens with two attached hydrogens (primary N) is 1. The maximum absolute atomic E-state index is 10.5. The van der Waals surface area contributed by atoms with Gasteiger partial charge in [0.2, 0.25) is 0 Å². The fraction of sp³-hybridized carbons (Fsp3) is 1.00. The number of rotatable bonds is 2. The van der Waals surface area contributed by atoms with Gasteiger partial charge in [-0.1, -0.05) is 0 Å². The van der Waals surface area contributed by atoms with Crippen LogP contribution in [0.15, 0.2) is 0 Å². The van der Waals surface area contributed by atoms with Crippen LogP contribution in [0.4, 0.5) is 0 Å². The summed E-state index contributed by atoms with van der Waals surface area (Å²) in [6.07, 6.45) is 0.215. The molecule has 0 radical (unpaired) electrons. The Kier molecular flexibility index (Phi) is 2.67. The molecule has 0 aliphatic rings. The molecule has 0 saturated carbocycles. The van der Waals surface area contributed by atoms with E-state index in [1.807, 2.05) is 0 Å². The molecule has 0 aliphatic heterocycles. The van der Waals surface area contributed by atoms with Gasteiger partial charge in [0, 0.05) is 18.9 Å². The van der Waals surface area contributed by atoms with E-state index in [1.54, 1.807) is 6.92 Å². The maximum Gasteiger partial charge on any atom is 0.199 e. The summed E-state index contributed by atoms with van der Waals surface area (Å²) in [5.74, 6) is 0. The van der Waals surface area contributed by atoms with Crippen molar-refractivity contribution in [2.45, 2.75) is 13.0 Å². The average Bonchev–Trinajstić information content (AvgIpc) is 1.21. The molecule has 0 aromatic rings. The molecule has 0 spiro atoms. The first-order valence-corrected chi connectivity index (χ1v) is 4.76. The van der Waals surface area contributed by atoms with Crippen molar-refractivity contribution >= 4 is 7.37 Å². The molecule has 0 heterocycles. The van der Waals surface area contributed by atoms with Gasteiger partial charge in [0.15, 0.2) is 7.37 Å². The second-order valence-corrected chi connectivity index (χ2v) is 4.68. The van der Waals surface area contributed by atoms with Crippen molar-refractivity contribution in [3.8, 4) is 0 Å². The fourth-order valence-electron chi connectivity index (χ4n) is 0.534. The lowest BCUT2D eigenvalue weighted by Gasteiger charge is -2.06. The van der Waals surface area contributed by atoms with Gasteiger partial charge in [-0.3, -0.25) is 4.57 Å². The summed E-state index contributed by atoms with van der Waals surface area (Å²) in [4.78, 5) is 8.66. The summed E-state index contributed by atoms with van der Waals surface area (Å²) in [5, 5.41) is 0. The fourth-order valence-corrected chi connectivity index (χ4v) is 1.60. The highest BCUT2D eigenvalue weighted by molar-refractivity contribution is 7.57. The minimum Gasteiger partial charge on any atom is -0.344 e. The third-order valence-electron chi connectivity index (χ3n) is 0.627. The molecule has 3 nitrogen and oxygen atoms in total. The van der Waals surface area contributed by atoms with Gasteiger partial charge in [-0.2, -0.15) is 0 Å². The van der Waals surface area contributed by atoms with Gasteiger partial charge in [-0.25, -0.2) is 0 Å². The summed E-state index contributed by atoms with van der Waals surface area (Å²) in [6, 6.07) is -0.171. The van der Waals surface area contributed by atoms with Gasteiger partial charge in [0.25, 0.3) is 0 Å². The van der Waals surface area contributed by atoms with Crippen LogP contribution in [-0.2, 0) is 4.57 Å². The first-order valence-electron chi connectivity index (χ1n) is 2.46. The Balaban J connectivity index is 3.56. The van der Waals surface area contributed by atoms with Crippen LogP contribution in [0.2, 0.25) is 0 Å². The zero-order valence-corrected chi connectivity index (χ0v) is 6.06. The molecule has 0 aromatic heterocycles. The zero-order chi connectivity index (χ0) is 6.78. The smallest absolute Gasteiger partial charge is 0.199 e. The molecule has 0 saturated heterocycles. The Morgan fingerprint density at radius 2 is 2.25 bits per heavy atom. The Morgan fingerprint density at radius 3 is 2.25 bits per heavy atom. The Hall–Kier alpha value is 0.150. The van der Waals surface area contributed by atoms with Crippen molar-refractivity contribution in [2.75, 3.05) is 12.8 Å². The molecule has 0 aliphatic carbocycles. The summed E-state index contributed by atoms with van der Waals surface area (Å²) < 4.78 is 10.5. The summed E-state index contributed by atoms with van der Waals surface area (Å²) in [5.41, 5.74) is 5.25. The van der Waals surface area contributed by atoms with E-state index in [4.69, 9.17) is 10.6 Å². The molecular formula is C4H12NO2P. The van der Waals surface area contributed by atoms with Gasteiger partial charge in [0.1, 0.15) is 0 Å². The van der Waals surface area contributed by atoms with Crippen LogP contribution in [0.1, 0.15) is 6.92 Å². The van der Waals surface area contributed by atoms with Crippen LogP contribution in [-0.4, -0.2) is 23.8 Å². The molecule has 8 heavy (non-hydrogen) atoms. The Labute approximate surface area is 49.3 Å². The lowest BCUT2D eigenvalue weighted by molar-refractivity contribution is 0.480. The molecule has 2 atom stereocenters. The minimum absolute atomic E-state index is 0.171. The van der Waals surface area contributed by atoms with E-state index in [0.717, 1.165) is 0 Å². The van der Waals surface area contributed by atoms with Gasteiger partial charge in [-0.05, 0) is 6.92 Å². The van der Waals surface area contributed by atoms with Crippen molar-refractivity contribution in [2.24, 2.45) is 5.73 Å². The molecular weight excluding hydrogens is 125 g/mol. The third-order valence-corrected chi connectivity index (χ3v) is 1.88. The first kappa shape index (κ1) is 8.15. The average molecular weight is 137 g/mol. The van der Waals surface area contributed by atoms with E-state index < -0.39 is 7.37 Å². The van der Waals surface area contributed by atoms with E-state index in [9.17, 15) is 4.57 Å².